The molecule has 0 aromatic carbocycles. The Hall–Kier alpha value is -0.690. The first-order chi connectivity index (χ1) is 10.7. The lowest BCUT2D eigenvalue weighted by Crippen LogP contribution is -2.47. The fourth-order valence-electron chi connectivity index (χ4n) is 3.39. The largest absolute Gasteiger partial charge is 0.382 e. The third-order valence-electron chi connectivity index (χ3n) is 4.76. The van der Waals surface area contributed by atoms with E-state index in [2.05, 4.69) is 11.8 Å². The van der Waals surface area contributed by atoms with Crippen LogP contribution in [0.4, 0.5) is 0 Å². The first-order valence-corrected chi connectivity index (χ1v) is 8.38. The van der Waals surface area contributed by atoms with Gasteiger partial charge in [0.25, 0.3) is 5.91 Å². The molecule has 3 atom stereocenters. The number of likely N-dealkylation sites (tertiary alicyclic amines) is 1. The molecule has 128 valence electrons. The SMILES string of the molecule is CC[C@@H]1CN(C(=O)[C@H](C)OCCOC)C[C@@H]1N1CCOCC1. The second-order valence-electron chi connectivity index (χ2n) is 6.13. The summed E-state index contributed by atoms with van der Waals surface area (Å²) in [6, 6.07) is 0.462. The van der Waals surface area contributed by atoms with Crippen molar-refractivity contribution in [2.45, 2.75) is 32.4 Å². The Labute approximate surface area is 133 Å². The molecular weight excluding hydrogens is 284 g/mol. The van der Waals surface area contributed by atoms with E-state index in [9.17, 15) is 4.79 Å². The number of methoxy groups -OCH3 is 1. The minimum atomic E-state index is -0.393. The highest BCUT2D eigenvalue weighted by Crippen LogP contribution is 2.26. The lowest BCUT2D eigenvalue weighted by Gasteiger charge is -2.34. The van der Waals surface area contributed by atoms with Crippen molar-refractivity contribution in [1.29, 1.82) is 0 Å². The van der Waals surface area contributed by atoms with Crippen molar-refractivity contribution >= 4 is 5.91 Å². The van der Waals surface area contributed by atoms with Gasteiger partial charge in [0.2, 0.25) is 0 Å². The van der Waals surface area contributed by atoms with Crippen LogP contribution in [0.15, 0.2) is 0 Å². The predicted molar refractivity (Wildman–Crippen MR) is 83.8 cm³/mol. The third-order valence-corrected chi connectivity index (χ3v) is 4.76. The normalized spacial score (nSPS) is 28.0. The van der Waals surface area contributed by atoms with Crippen LogP contribution in [0.3, 0.4) is 0 Å². The van der Waals surface area contributed by atoms with Crippen LogP contribution >= 0.6 is 0 Å². The molecule has 2 rings (SSSR count). The quantitative estimate of drug-likeness (QED) is 0.644. The van der Waals surface area contributed by atoms with Crippen LogP contribution in [0.2, 0.25) is 0 Å². The number of carbonyl (C=O) groups is 1. The first kappa shape index (κ1) is 17.7. The summed E-state index contributed by atoms with van der Waals surface area (Å²) >= 11 is 0. The number of carbonyl (C=O) groups excluding carboxylic acids is 1. The van der Waals surface area contributed by atoms with Gasteiger partial charge in [-0.25, -0.2) is 0 Å². The summed E-state index contributed by atoms with van der Waals surface area (Å²) in [5, 5.41) is 0. The van der Waals surface area contributed by atoms with Gasteiger partial charge in [0.15, 0.2) is 0 Å². The summed E-state index contributed by atoms with van der Waals surface area (Å²) in [5.74, 6) is 0.651. The highest BCUT2D eigenvalue weighted by Gasteiger charge is 2.39. The number of nitrogens with zero attached hydrogens (tertiary/aromatic N) is 2. The molecular formula is C16H30N2O4. The van der Waals surface area contributed by atoms with Gasteiger partial charge < -0.3 is 19.1 Å². The summed E-state index contributed by atoms with van der Waals surface area (Å²) in [7, 11) is 1.63. The average molecular weight is 314 g/mol. The molecule has 0 unspecified atom stereocenters. The van der Waals surface area contributed by atoms with Crippen LogP contribution in [0, 0.1) is 5.92 Å². The predicted octanol–water partition coefficient (Wildman–Crippen LogP) is 0.607. The molecule has 2 saturated heterocycles. The molecule has 2 aliphatic rings. The fourth-order valence-corrected chi connectivity index (χ4v) is 3.39. The van der Waals surface area contributed by atoms with Gasteiger partial charge in [0.05, 0.1) is 26.4 Å². The number of hydrogen-bond acceptors (Lipinski definition) is 5. The smallest absolute Gasteiger partial charge is 0.251 e. The molecule has 0 aliphatic carbocycles. The zero-order chi connectivity index (χ0) is 15.9. The lowest BCUT2D eigenvalue weighted by molar-refractivity contribution is -0.142. The number of morpholine rings is 1. The van der Waals surface area contributed by atoms with E-state index < -0.39 is 6.10 Å². The van der Waals surface area contributed by atoms with Crippen molar-refractivity contribution in [3.05, 3.63) is 0 Å². The number of hydrogen-bond donors (Lipinski definition) is 0. The maximum Gasteiger partial charge on any atom is 0.251 e. The third kappa shape index (κ3) is 4.41. The van der Waals surface area contributed by atoms with Crippen molar-refractivity contribution < 1.29 is 19.0 Å². The number of rotatable bonds is 7. The highest BCUT2D eigenvalue weighted by molar-refractivity contribution is 5.80. The highest BCUT2D eigenvalue weighted by atomic mass is 16.5. The lowest BCUT2D eigenvalue weighted by atomic mass is 9.99. The van der Waals surface area contributed by atoms with E-state index in [0.29, 0.717) is 25.2 Å². The standard InChI is InChI=1S/C16H30N2O4/c1-4-14-11-18(16(19)13(2)22-10-9-20-3)12-15(14)17-5-7-21-8-6-17/h13-15H,4-12H2,1-3H3/t13-,14+,15-/m0/s1. The van der Waals surface area contributed by atoms with E-state index in [0.717, 1.165) is 45.8 Å². The van der Waals surface area contributed by atoms with Gasteiger partial charge in [0.1, 0.15) is 6.10 Å². The maximum absolute atomic E-state index is 12.5. The number of ether oxygens (including phenoxy) is 3. The minimum Gasteiger partial charge on any atom is -0.382 e. The maximum atomic E-state index is 12.5. The van der Waals surface area contributed by atoms with Crippen LogP contribution in [-0.2, 0) is 19.0 Å². The van der Waals surface area contributed by atoms with Crippen molar-refractivity contribution in [3.8, 4) is 0 Å². The van der Waals surface area contributed by atoms with E-state index in [1.807, 2.05) is 11.8 Å². The molecule has 22 heavy (non-hydrogen) atoms. The molecule has 0 N–H and O–H groups in total. The van der Waals surface area contributed by atoms with E-state index in [-0.39, 0.29) is 5.91 Å². The van der Waals surface area contributed by atoms with E-state index in [1.54, 1.807) is 7.11 Å². The Kier molecular flexibility index (Phi) is 7.08. The van der Waals surface area contributed by atoms with Crippen LogP contribution in [-0.4, -0.2) is 87.6 Å². The molecule has 0 aromatic heterocycles. The Bertz CT molecular complexity index is 347. The summed E-state index contributed by atoms with van der Waals surface area (Å²) in [6.07, 6.45) is 0.709. The monoisotopic (exact) mass is 314 g/mol. The van der Waals surface area contributed by atoms with Gasteiger partial charge in [-0.2, -0.15) is 0 Å². The van der Waals surface area contributed by atoms with Crippen LogP contribution in [0.1, 0.15) is 20.3 Å². The fraction of sp³-hybridized carbons (Fsp3) is 0.938. The molecule has 6 heteroatoms. The van der Waals surface area contributed by atoms with E-state index >= 15 is 0 Å². The Morgan fingerprint density at radius 2 is 2.00 bits per heavy atom. The second-order valence-corrected chi connectivity index (χ2v) is 6.13. The molecule has 0 bridgehead atoms. The zero-order valence-electron chi connectivity index (χ0n) is 14.1. The second kappa shape index (κ2) is 8.82. The van der Waals surface area contributed by atoms with Crippen LogP contribution < -0.4 is 0 Å². The molecule has 6 nitrogen and oxygen atoms in total. The van der Waals surface area contributed by atoms with Crippen LogP contribution in [0.25, 0.3) is 0 Å². The van der Waals surface area contributed by atoms with E-state index in [1.165, 1.54) is 0 Å². The van der Waals surface area contributed by atoms with Crippen LogP contribution in [0.5, 0.6) is 0 Å². The van der Waals surface area contributed by atoms with Gasteiger partial charge in [-0.05, 0) is 12.8 Å². The van der Waals surface area contributed by atoms with Crippen molar-refractivity contribution in [2.24, 2.45) is 5.92 Å². The topological polar surface area (TPSA) is 51.2 Å². The Morgan fingerprint density at radius 1 is 1.27 bits per heavy atom. The van der Waals surface area contributed by atoms with Gasteiger partial charge in [0, 0.05) is 39.3 Å². The van der Waals surface area contributed by atoms with Gasteiger partial charge in [-0.15, -0.1) is 0 Å². The molecule has 0 spiro atoms. The van der Waals surface area contributed by atoms with Gasteiger partial charge in [-0.3, -0.25) is 9.69 Å². The summed E-state index contributed by atoms with van der Waals surface area (Å²) in [6.45, 7) is 10.2. The molecule has 2 fully saturated rings. The van der Waals surface area contributed by atoms with Gasteiger partial charge in [-0.1, -0.05) is 13.3 Å². The average Bonchev–Trinajstić information content (AvgIpc) is 2.99. The molecule has 2 aliphatic heterocycles. The van der Waals surface area contributed by atoms with Gasteiger partial charge >= 0.3 is 0 Å². The van der Waals surface area contributed by atoms with E-state index in [4.69, 9.17) is 14.2 Å². The first-order valence-electron chi connectivity index (χ1n) is 8.38. The molecule has 0 saturated carbocycles. The molecule has 0 aromatic rings. The Morgan fingerprint density at radius 3 is 2.64 bits per heavy atom. The van der Waals surface area contributed by atoms with Crippen molar-refractivity contribution in [2.75, 3.05) is 59.7 Å². The van der Waals surface area contributed by atoms with Crippen molar-refractivity contribution in [3.63, 3.8) is 0 Å². The number of amides is 1. The van der Waals surface area contributed by atoms with Crippen molar-refractivity contribution in [1.82, 2.24) is 9.80 Å². The Balaban J connectivity index is 1.88. The minimum absolute atomic E-state index is 0.102. The summed E-state index contributed by atoms with van der Waals surface area (Å²) in [4.78, 5) is 17.0. The summed E-state index contributed by atoms with van der Waals surface area (Å²) in [5.41, 5.74) is 0. The molecule has 1 amide bonds. The molecule has 0 radical (unpaired) electrons. The summed E-state index contributed by atoms with van der Waals surface area (Å²) < 4.78 is 16.0. The zero-order valence-corrected chi connectivity index (χ0v) is 14.1. The molecule has 2 heterocycles.